The monoisotopic (exact) mass is 465 g/mol. The molecule has 3 rings (SSSR count). The van der Waals surface area contributed by atoms with Crippen molar-refractivity contribution in [3.63, 3.8) is 0 Å². The molecule has 0 aliphatic rings. The molecule has 160 valence electrons. The van der Waals surface area contributed by atoms with E-state index >= 15 is 0 Å². The van der Waals surface area contributed by atoms with Gasteiger partial charge in [-0.05, 0) is 33.3 Å². The van der Waals surface area contributed by atoms with Gasteiger partial charge in [-0.15, -0.1) is 21.5 Å². The van der Waals surface area contributed by atoms with Crippen LogP contribution in [0.5, 0.6) is 0 Å². The van der Waals surface area contributed by atoms with Crippen molar-refractivity contribution in [2.24, 2.45) is 0 Å². The van der Waals surface area contributed by atoms with Crippen LogP contribution in [0.25, 0.3) is 11.4 Å². The molecule has 1 amide bonds. The molecule has 0 saturated carbocycles. The molecule has 0 fully saturated rings. The third kappa shape index (κ3) is 5.27. The Labute approximate surface area is 187 Å². The number of carbonyl (C=O) groups is 2. The molecular weight excluding hydrogens is 442 g/mol. The molecule has 0 aliphatic heterocycles. The molecule has 30 heavy (non-hydrogen) atoms. The molecule has 0 unspecified atom stereocenters. The zero-order valence-corrected chi connectivity index (χ0v) is 19.7. The second kappa shape index (κ2) is 10.2. The van der Waals surface area contributed by atoms with Gasteiger partial charge in [-0.1, -0.05) is 30.0 Å². The van der Waals surface area contributed by atoms with Crippen LogP contribution < -0.4 is 5.32 Å². The maximum absolute atomic E-state index is 12.4. The van der Waals surface area contributed by atoms with Crippen molar-refractivity contribution in [1.82, 2.24) is 19.7 Å². The topological polar surface area (TPSA) is 99.0 Å². The van der Waals surface area contributed by atoms with Crippen molar-refractivity contribution in [1.29, 1.82) is 0 Å². The number of carbonyl (C=O) groups excluding carboxylic acids is 2. The third-order valence-corrected chi connectivity index (χ3v) is 6.87. The highest BCUT2D eigenvalue weighted by Gasteiger charge is 2.19. The van der Waals surface area contributed by atoms with Gasteiger partial charge in [0.05, 0.1) is 18.1 Å². The molecule has 8 nitrogen and oxygen atoms in total. The number of nitrogens with zero attached hydrogens (tertiary/aromatic N) is 4. The summed E-state index contributed by atoms with van der Waals surface area (Å²) in [4.78, 5) is 30.2. The van der Waals surface area contributed by atoms with Gasteiger partial charge in [0, 0.05) is 22.4 Å². The number of thioether (sulfide) groups is 1. The Morgan fingerprint density at radius 3 is 2.73 bits per heavy atom. The van der Waals surface area contributed by atoms with Crippen LogP contribution in [-0.2, 0) is 16.1 Å². The van der Waals surface area contributed by atoms with Crippen LogP contribution in [0.15, 0.2) is 16.6 Å². The van der Waals surface area contributed by atoms with E-state index in [4.69, 9.17) is 4.74 Å². The van der Waals surface area contributed by atoms with Gasteiger partial charge in [0.2, 0.25) is 5.91 Å². The molecule has 11 heteroatoms. The number of aryl methyl sites for hydroxylation is 2. The van der Waals surface area contributed by atoms with Crippen LogP contribution in [0.3, 0.4) is 0 Å². The van der Waals surface area contributed by atoms with Crippen molar-refractivity contribution in [2.45, 2.75) is 45.8 Å². The first kappa shape index (κ1) is 22.4. The number of thiophene rings is 1. The molecule has 3 aromatic heterocycles. The molecular formula is C19H23N5O3S3. The van der Waals surface area contributed by atoms with Crippen molar-refractivity contribution in [3.8, 4) is 11.4 Å². The fraction of sp³-hybridized carbons (Fsp3) is 0.421. The predicted molar refractivity (Wildman–Crippen MR) is 121 cm³/mol. The molecule has 3 aromatic rings. The van der Waals surface area contributed by atoms with Gasteiger partial charge < -0.3 is 14.6 Å². The van der Waals surface area contributed by atoms with E-state index < -0.39 is 5.97 Å². The fourth-order valence-electron chi connectivity index (χ4n) is 2.72. The van der Waals surface area contributed by atoms with E-state index in [1.165, 1.54) is 16.6 Å². The van der Waals surface area contributed by atoms with Crippen molar-refractivity contribution in [3.05, 3.63) is 26.9 Å². The van der Waals surface area contributed by atoms with Crippen LogP contribution >= 0.6 is 34.4 Å². The van der Waals surface area contributed by atoms with Crippen LogP contribution in [0.4, 0.5) is 5.13 Å². The summed E-state index contributed by atoms with van der Waals surface area (Å²) in [5.74, 6) is 0.339. The molecule has 0 bridgehead atoms. The van der Waals surface area contributed by atoms with E-state index in [-0.39, 0.29) is 11.7 Å². The second-order valence-corrected chi connectivity index (χ2v) is 9.45. The number of rotatable bonds is 9. The Balaban J connectivity index is 1.66. The number of nitrogens with one attached hydrogen (secondary N) is 1. The average Bonchev–Trinajstić information content (AvgIpc) is 3.39. The summed E-state index contributed by atoms with van der Waals surface area (Å²) in [6.07, 6.45) is 0.933. The lowest BCUT2D eigenvalue weighted by molar-refractivity contribution is -0.113. The summed E-state index contributed by atoms with van der Waals surface area (Å²) >= 11 is 4.11. The van der Waals surface area contributed by atoms with Crippen LogP contribution in [0, 0.1) is 13.8 Å². The van der Waals surface area contributed by atoms with Gasteiger partial charge in [0.1, 0.15) is 4.88 Å². The number of ether oxygens (including phenoxy) is 1. The SMILES string of the molecule is CCCn1c(SCC(=O)Nc2nc(C)c(C(=O)OCC)s2)nnc1-c1csc(C)c1. The van der Waals surface area contributed by atoms with Gasteiger partial charge in [-0.25, -0.2) is 9.78 Å². The van der Waals surface area contributed by atoms with E-state index in [1.807, 2.05) is 4.57 Å². The van der Waals surface area contributed by atoms with E-state index in [9.17, 15) is 9.59 Å². The highest BCUT2D eigenvalue weighted by molar-refractivity contribution is 7.99. The summed E-state index contributed by atoms with van der Waals surface area (Å²) in [5.41, 5.74) is 1.58. The highest BCUT2D eigenvalue weighted by atomic mass is 32.2. The molecule has 0 saturated heterocycles. The van der Waals surface area contributed by atoms with Gasteiger partial charge in [-0.2, -0.15) is 0 Å². The minimum Gasteiger partial charge on any atom is -0.462 e. The predicted octanol–water partition coefficient (Wildman–Crippen LogP) is 4.40. The lowest BCUT2D eigenvalue weighted by Crippen LogP contribution is -2.14. The molecule has 0 aliphatic carbocycles. The number of hydrogen-bond acceptors (Lipinski definition) is 9. The summed E-state index contributed by atoms with van der Waals surface area (Å²) < 4.78 is 7.05. The Bertz CT molecular complexity index is 1040. The Morgan fingerprint density at radius 1 is 1.27 bits per heavy atom. The second-order valence-electron chi connectivity index (χ2n) is 6.39. The Kier molecular flexibility index (Phi) is 7.62. The number of hydrogen-bond donors (Lipinski definition) is 1. The first-order valence-corrected chi connectivity index (χ1v) is 12.2. The quantitative estimate of drug-likeness (QED) is 0.369. The normalized spacial score (nSPS) is 10.9. The molecule has 0 radical (unpaired) electrons. The van der Waals surface area contributed by atoms with Gasteiger partial charge >= 0.3 is 5.97 Å². The molecule has 0 atom stereocenters. The zero-order valence-electron chi connectivity index (χ0n) is 17.2. The molecule has 0 spiro atoms. The smallest absolute Gasteiger partial charge is 0.350 e. The largest absolute Gasteiger partial charge is 0.462 e. The number of esters is 1. The maximum Gasteiger partial charge on any atom is 0.350 e. The van der Waals surface area contributed by atoms with E-state index in [2.05, 4.69) is 45.8 Å². The first-order chi connectivity index (χ1) is 14.4. The minimum absolute atomic E-state index is 0.165. The highest BCUT2D eigenvalue weighted by Crippen LogP contribution is 2.28. The number of aromatic nitrogens is 4. The van der Waals surface area contributed by atoms with Crippen LogP contribution in [-0.4, -0.2) is 44.0 Å². The zero-order chi connectivity index (χ0) is 21.7. The van der Waals surface area contributed by atoms with Crippen molar-refractivity contribution in [2.75, 3.05) is 17.7 Å². The molecule has 3 heterocycles. The van der Waals surface area contributed by atoms with Crippen LogP contribution in [0.1, 0.15) is 40.5 Å². The van der Waals surface area contributed by atoms with E-state index in [0.717, 1.165) is 35.7 Å². The third-order valence-electron chi connectivity index (χ3n) is 3.99. The number of thiazole rings is 1. The molecule has 1 N–H and O–H groups in total. The first-order valence-electron chi connectivity index (χ1n) is 9.48. The number of amides is 1. The van der Waals surface area contributed by atoms with Gasteiger partial charge in [0.15, 0.2) is 16.1 Å². The summed E-state index contributed by atoms with van der Waals surface area (Å²) in [5, 5.41) is 14.5. The van der Waals surface area contributed by atoms with E-state index in [1.54, 1.807) is 25.2 Å². The fourth-order valence-corrected chi connectivity index (χ4v) is 5.04. The maximum atomic E-state index is 12.4. The summed E-state index contributed by atoms with van der Waals surface area (Å²) in [6, 6.07) is 2.09. The summed E-state index contributed by atoms with van der Waals surface area (Å²) in [6.45, 7) is 8.68. The number of anilines is 1. The van der Waals surface area contributed by atoms with Crippen molar-refractivity contribution >= 4 is 51.4 Å². The standard InChI is InChI=1S/C19H23N5O3S3/c1-5-7-24-16(13-8-11(3)28-9-13)22-23-19(24)29-10-14(25)21-18-20-12(4)15(30-18)17(26)27-6-2/h8-9H,5-7,10H2,1-4H3,(H,20,21,25). The van der Waals surface area contributed by atoms with Gasteiger partial charge in [-0.3, -0.25) is 4.79 Å². The molecule has 0 aromatic carbocycles. The summed E-state index contributed by atoms with van der Waals surface area (Å²) in [7, 11) is 0. The van der Waals surface area contributed by atoms with Crippen LogP contribution in [0.2, 0.25) is 0 Å². The average molecular weight is 466 g/mol. The van der Waals surface area contributed by atoms with Gasteiger partial charge in [0.25, 0.3) is 0 Å². The van der Waals surface area contributed by atoms with E-state index in [0.29, 0.717) is 27.5 Å². The Morgan fingerprint density at radius 2 is 2.07 bits per heavy atom. The minimum atomic E-state index is -0.425. The Hall–Kier alpha value is -2.24. The lowest BCUT2D eigenvalue weighted by Gasteiger charge is -2.07. The van der Waals surface area contributed by atoms with Crippen molar-refractivity contribution < 1.29 is 14.3 Å². The lowest BCUT2D eigenvalue weighted by atomic mass is 10.3.